The van der Waals surface area contributed by atoms with Crippen LogP contribution >= 0.6 is 0 Å². The highest BCUT2D eigenvalue weighted by atomic mass is 32.2. The Hall–Kier alpha value is -1.85. The number of hydrogen-bond acceptors (Lipinski definition) is 3. The lowest BCUT2D eigenvalue weighted by Crippen LogP contribution is -2.48. The Morgan fingerprint density at radius 1 is 0.929 bits per heavy atom. The summed E-state index contributed by atoms with van der Waals surface area (Å²) in [5.74, 6) is 0.626. The highest BCUT2D eigenvalue weighted by Crippen LogP contribution is 2.31. The molecule has 1 aliphatic rings. The Bertz CT molecular complexity index is 866. The summed E-state index contributed by atoms with van der Waals surface area (Å²) in [6.45, 7) is 11.4. The minimum Gasteiger partial charge on any atom is -0.303 e. The van der Waals surface area contributed by atoms with Crippen LogP contribution in [0.5, 0.6) is 0 Å². The van der Waals surface area contributed by atoms with Crippen molar-refractivity contribution < 1.29 is 8.42 Å². The topological polar surface area (TPSA) is 40.6 Å². The van der Waals surface area contributed by atoms with Crippen molar-refractivity contribution in [1.29, 1.82) is 0 Å². The molecule has 1 heterocycles. The second-order valence-corrected chi connectivity index (χ2v) is 10.2. The number of sulfonamides is 1. The molecule has 3 rings (SSSR count). The first-order valence-electron chi connectivity index (χ1n) is 10.2. The van der Waals surface area contributed by atoms with E-state index in [0.717, 1.165) is 49.3 Å². The van der Waals surface area contributed by atoms with Crippen LogP contribution in [0, 0.1) is 19.8 Å². The molecule has 1 aliphatic heterocycles. The number of rotatable bonds is 6. The van der Waals surface area contributed by atoms with Gasteiger partial charge >= 0.3 is 0 Å². The zero-order valence-corrected chi connectivity index (χ0v) is 18.2. The molecule has 0 atom stereocenters. The summed E-state index contributed by atoms with van der Waals surface area (Å²) in [6, 6.07) is 15.0. The molecule has 28 heavy (non-hydrogen) atoms. The van der Waals surface area contributed by atoms with E-state index < -0.39 is 10.0 Å². The normalized spacial score (nSPS) is 16.5. The average molecular weight is 401 g/mol. The summed E-state index contributed by atoms with van der Waals surface area (Å²) in [5.41, 5.74) is 2.94. The highest BCUT2D eigenvalue weighted by Gasteiger charge is 2.34. The van der Waals surface area contributed by atoms with Crippen LogP contribution in [0.4, 0.5) is 5.69 Å². The van der Waals surface area contributed by atoms with Gasteiger partial charge in [0, 0.05) is 25.7 Å². The molecule has 0 saturated carbocycles. The fourth-order valence-electron chi connectivity index (χ4n) is 3.91. The molecule has 1 saturated heterocycles. The SMILES string of the molecule is Cc1ccc(N(C2CCN(CC(C)C)CC2)S(=O)(=O)c2ccc(C)cc2)cc1. The lowest BCUT2D eigenvalue weighted by molar-refractivity contribution is 0.194. The Morgan fingerprint density at radius 2 is 1.43 bits per heavy atom. The van der Waals surface area contributed by atoms with Crippen LogP contribution in [0.2, 0.25) is 0 Å². The second-order valence-electron chi connectivity index (χ2n) is 8.38. The Labute approximate surface area is 170 Å². The maximum atomic E-state index is 13.6. The van der Waals surface area contributed by atoms with Crippen LogP contribution in [0.1, 0.15) is 37.8 Å². The molecule has 0 bridgehead atoms. The van der Waals surface area contributed by atoms with Crippen LogP contribution in [0.3, 0.4) is 0 Å². The van der Waals surface area contributed by atoms with Gasteiger partial charge in [0.1, 0.15) is 0 Å². The summed E-state index contributed by atoms with van der Waals surface area (Å²) in [5, 5.41) is 0. The Balaban J connectivity index is 1.92. The van der Waals surface area contributed by atoms with Gasteiger partial charge in [-0.15, -0.1) is 0 Å². The summed E-state index contributed by atoms with van der Waals surface area (Å²) in [6.07, 6.45) is 1.71. The standard InChI is InChI=1S/C23H32N2O2S/c1-18(2)17-24-15-13-22(14-16-24)25(21-9-5-19(3)6-10-21)28(26,27)23-11-7-20(4)8-12-23/h5-12,18,22H,13-17H2,1-4H3. The van der Waals surface area contributed by atoms with E-state index in [1.165, 1.54) is 0 Å². The summed E-state index contributed by atoms with van der Waals surface area (Å²) >= 11 is 0. The van der Waals surface area contributed by atoms with Crippen LogP contribution in [-0.4, -0.2) is 39.0 Å². The van der Waals surface area contributed by atoms with Crippen LogP contribution < -0.4 is 4.31 Å². The zero-order valence-electron chi connectivity index (χ0n) is 17.4. The first-order valence-corrected chi connectivity index (χ1v) is 11.6. The molecule has 5 heteroatoms. The molecule has 0 radical (unpaired) electrons. The number of benzene rings is 2. The van der Waals surface area contributed by atoms with E-state index in [1.807, 2.05) is 50.2 Å². The maximum Gasteiger partial charge on any atom is 0.264 e. The molecule has 0 unspecified atom stereocenters. The van der Waals surface area contributed by atoms with Gasteiger partial charge in [-0.3, -0.25) is 4.31 Å². The number of hydrogen-bond donors (Lipinski definition) is 0. The third-order valence-electron chi connectivity index (χ3n) is 5.38. The molecule has 4 nitrogen and oxygen atoms in total. The van der Waals surface area contributed by atoms with Gasteiger partial charge in [0.05, 0.1) is 10.6 Å². The first-order chi connectivity index (χ1) is 13.3. The van der Waals surface area contributed by atoms with Gasteiger partial charge in [0.25, 0.3) is 10.0 Å². The molecule has 1 fully saturated rings. The molecule has 0 spiro atoms. The molecular formula is C23H32N2O2S. The van der Waals surface area contributed by atoms with Crippen molar-refractivity contribution >= 4 is 15.7 Å². The lowest BCUT2D eigenvalue weighted by Gasteiger charge is -2.39. The smallest absolute Gasteiger partial charge is 0.264 e. The van der Waals surface area contributed by atoms with Gasteiger partial charge in [0.15, 0.2) is 0 Å². The number of anilines is 1. The second kappa shape index (κ2) is 8.66. The molecule has 0 aromatic heterocycles. The Kier molecular flexibility index (Phi) is 6.46. The highest BCUT2D eigenvalue weighted by molar-refractivity contribution is 7.92. The maximum absolute atomic E-state index is 13.6. The quantitative estimate of drug-likeness (QED) is 0.710. The van der Waals surface area contributed by atoms with Crippen molar-refractivity contribution in [2.24, 2.45) is 5.92 Å². The lowest BCUT2D eigenvalue weighted by atomic mass is 10.0. The predicted molar refractivity (Wildman–Crippen MR) is 116 cm³/mol. The van der Waals surface area contributed by atoms with Crippen molar-refractivity contribution in [2.75, 3.05) is 23.9 Å². The van der Waals surface area contributed by atoms with E-state index in [9.17, 15) is 8.42 Å². The molecule has 152 valence electrons. The third kappa shape index (κ3) is 4.76. The summed E-state index contributed by atoms with van der Waals surface area (Å²) in [7, 11) is -3.61. The van der Waals surface area contributed by atoms with Crippen molar-refractivity contribution in [1.82, 2.24) is 4.90 Å². The van der Waals surface area contributed by atoms with Crippen molar-refractivity contribution in [3.05, 3.63) is 59.7 Å². The monoisotopic (exact) mass is 400 g/mol. The minimum absolute atomic E-state index is 0.0163. The van der Waals surface area contributed by atoms with Gasteiger partial charge in [-0.2, -0.15) is 0 Å². The van der Waals surface area contributed by atoms with Crippen molar-refractivity contribution in [3.8, 4) is 0 Å². The number of likely N-dealkylation sites (tertiary alicyclic amines) is 1. The van der Waals surface area contributed by atoms with E-state index >= 15 is 0 Å². The van der Waals surface area contributed by atoms with Gasteiger partial charge in [-0.25, -0.2) is 8.42 Å². The van der Waals surface area contributed by atoms with E-state index in [4.69, 9.17) is 0 Å². The molecular weight excluding hydrogens is 368 g/mol. The third-order valence-corrected chi connectivity index (χ3v) is 7.27. The van der Waals surface area contributed by atoms with E-state index in [-0.39, 0.29) is 6.04 Å². The van der Waals surface area contributed by atoms with Gasteiger partial charge in [-0.05, 0) is 56.9 Å². The number of aryl methyl sites for hydroxylation is 2. The minimum atomic E-state index is -3.61. The largest absolute Gasteiger partial charge is 0.303 e. The summed E-state index contributed by atoms with van der Waals surface area (Å²) < 4.78 is 28.9. The molecule has 2 aromatic rings. The van der Waals surface area contributed by atoms with Gasteiger partial charge < -0.3 is 4.90 Å². The predicted octanol–water partition coefficient (Wildman–Crippen LogP) is 4.62. The fraction of sp³-hybridized carbons (Fsp3) is 0.478. The molecule has 0 amide bonds. The van der Waals surface area contributed by atoms with Crippen molar-refractivity contribution in [2.45, 2.75) is 51.5 Å². The molecule has 0 N–H and O–H groups in total. The van der Waals surface area contributed by atoms with Crippen LogP contribution in [0.15, 0.2) is 53.4 Å². The molecule has 2 aromatic carbocycles. The number of nitrogens with zero attached hydrogens (tertiary/aromatic N) is 2. The first kappa shape index (κ1) is 20.9. The molecule has 0 aliphatic carbocycles. The van der Waals surface area contributed by atoms with Crippen LogP contribution in [-0.2, 0) is 10.0 Å². The average Bonchev–Trinajstić information content (AvgIpc) is 2.65. The van der Waals surface area contributed by atoms with Gasteiger partial charge in [-0.1, -0.05) is 49.2 Å². The van der Waals surface area contributed by atoms with Crippen molar-refractivity contribution in [3.63, 3.8) is 0 Å². The Morgan fingerprint density at radius 3 is 1.93 bits per heavy atom. The van der Waals surface area contributed by atoms with E-state index in [1.54, 1.807) is 16.4 Å². The fourth-order valence-corrected chi connectivity index (χ4v) is 5.62. The van der Waals surface area contributed by atoms with E-state index in [0.29, 0.717) is 10.8 Å². The zero-order chi connectivity index (χ0) is 20.3. The number of piperidine rings is 1. The van der Waals surface area contributed by atoms with Gasteiger partial charge in [0.2, 0.25) is 0 Å². The van der Waals surface area contributed by atoms with E-state index in [2.05, 4.69) is 18.7 Å². The summed E-state index contributed by atoms with van der Waals surface area (Å²) in [4.78, 5) is 2.82. The van der Waals surface area contributed by atoms with Crippen LogP contribution in [0.25, 0.3) is 0 Å².